The molecule has 3 rings (SSSR count). The molecule has 2 aromatic heterocycles. The van der Waals surface area contributed by atoms with Crippen LogP contribution in [0.2, 0.25) is 5.02 Å². The second-order valence-electron chi connectivity index (χ2n) is 4.84. The summed E-state index contributed by atoms with van der Waals surface area (Å²) in [7, 11) is 1.63. The van der Waals surface area contributed by atoms with Crippen LogP contribution in [0.15, 0.2) is 52.8 Å². The number of pyridine rings is 1. The first kappa shape index (κ1) is 15.5. The van der Waals surface area contributed by atoms with Gasteiger partial charge in [-0.05, 0) is 12.1 Å². The minimum absolute atomic E-state index is 0.242. The highest BCUT2D eigenvalue weighted by atomic mass is 35.5. The Hall–Kier alpha value is -2.44. The Bertz CT molecular complexity index is 933. The second-order valence-corrected chi connectivity index (χ2v) is 6.10. The molecule has 0 saturated carbocycles. The molecule has 0 atom stereocenters. The molecule has 0 aliphatic carbocycles. The molecule has 3 aromatic rings. The average molecular weight is 346 g/mol. The van der Waals surface area contributed by atoms with Crippen molar-refractivity contribution >= 4 is 34.0 Å². The number of hydrogen-bond acceptors (Lipinski definition) is 4. The molecular formula is C16H12ClN3O2S. The lowest BCUT2D eigenvalue weighted by Gasteiger charge is -2.03. The number of carbonyl (C=O) groups excluding carboxylic acids is 1. The van der Waals surface area contributed by atoms with Crippen LogP contribution in [-0.2, 0) is 7.05 Å². The van der Waals surface area contributed by atoms with Gasteiger partial charge in [0.15, 0.2) is 5.13 Å². The summed E-state index contributed by atoms with van der Waals surface area (Å²) >= 11 is 7.44. The van der Waals surface area contributed by atoms with Gasteiger partial charge in [-0.2, -0.15) is 0 Å². The van der Waals surface area contributed by atoms with Gasteiger partial charge in [0, 0.05) is 40.8 Å². The molecule has 116 valence electrons. The summed E-state index contributed by atoms with van der Waals surface area (Å²) in [5, 5.41) is 5.56. The van der Waals surface area contributed by atoms with Crippen LogP contribution in [0, 0.1) is 0 Å². The maximum atomic E-state index is 12.2. The number of aryl methyl sites for hydroxylation is 1. The summed E-state index contributed by atoms with van der Waals surface area (Å²) in [5.41, 5.74) is 1.55. The highest BCUT2D eigenvalue weighted by Gasteiger charge is 2.12. The third-order valence-electron chi connectivity index (χ3n) is 3.24. The van der Waals surface area contributed by atoms with Crippen LogP contribution in [0.4, 0.5) is 5.13 Å². The fraction of sp³-hybridized carbons (Fsp3) is 0.0625. The number of nitrogens with zero attached hydrogens (tertiary/aromatic N) is 2. The predicted molar refractivity (Wildman–Crippen MR) is 92.2 cm³/mol. The van der Waals surface area contributed by atoms with Gasteiger partial charge in [0.2, 0.25) is 0 Å². The summed E-state index contributed by atoms with van der Waals surface area (Å²) in [5.74, 6) is -0.372. The number of carbonyl (C=O) groups is 1. The number of aromatic nitrogens is 2. The summed E-state index contributed by atoms with van der Waals surface area (Å²) in [4.78, 5) is 28.1. The SMILES string of the molecule is Cn1ccc(C(=O)Nc2nc(-c3ccccc3Cl)cs2)cc1=O. The molecule has 5 nitrogen and oxygen atoms in total. The van der Waals surface area contributed by atoms with E-state index in [0.29, 0.717) is 21.4 Å². The van der Waals surface area contributed by atoms with E-state index in [1.54, 1.807) is 25.4 Å². The summed E-state index contributed by atoms with van der Waals surface area (Å²) in [6.07, 6.45) is 1.55. The highest BCUT2D eigenvalue weighted by Crippen LogP contribution is 2.30. The van der Waals surface area contributed by atoms with Crippen molar-refractivity contribution in [3.8, 4) is 11.3 Å². The van der Waals surface area contributed by atoms with Crippen LogP contribution in [0.1, 0.15) is 10.4 Å². The zero-order valence-corrected chi connectivity index (χ0v) is 13.7. The Balaban J connectivity index is 1.81. The van der Waals surface area contributed by atoms with Crippen molar-refractivity contribution in [2.24, 2.45) is 7.05 Å². The van der Waals surface area contributed by atoms with Gasteiger partial charge in [0.05, 0.1) is 5.69 Å². The first-order valence-corrected chi connectivity index (χ1v) is 7.99. The van der Waals surface area contributed by atoms with Crippen molar-refractivity contribution in [2.75, 3.05) is 5.32 Å². The highest BCUT2D eigenvalue weighted by molar-refractivity contribution is 7.14. The van der Waals surface area contributed by atoms with Gasteiger partial charge in [-0.25, -0.2) is 4.98 Å². The zero-order chi connectivity index (χ0) is 16.4. The molecule has 0 fully saturated rings. The molecule has 23 heavy (non-hydrogen) atoms. The predicted octanol–water partition coefficient (Wildman–Crippen LogP) is 3.41. The lowest BCUT2D eigenvalue weighted by molar-refractivity contribution is 0.102. The number of hydrogen-bond donors (Lipinski definition) is 1. The Morgan fingerprint density at radius 2 is 2.09 bits per heavy atom. The number of amides is 1. The smallest absolute Gasteiger partial charge is 0.257 e. The average Bonchev–Trinajstić information content (AvgIpc) is 2.98. The Kier molecular flexibility index (Phi) is 4.27. The summed E-state index contributed by atoms with van der Waals surface area (Å²) in [6.45, 7) is 0. The molecule has 1 N–H and O–H groups in total. The molecule has 0 spiro atoms. The van der Waals surface area contributed by atoms with Crippen LogP contribution in [0.3, 0.4) is 0 Å². The van der Waals surface area contributed by atoms with Crippen LogP contribution >= 0.6 is 22.9 Å². The normalized spacial score (nSPS) is 10.5. The number of anilines is 1. The van der Waals surface area contributed by atoms with Gasteiger partial charge < -0.3 is 4.57 Å². The van der Waals surface area contributed by atoms with Crippen LogP contribution < -0.4 is 10.9 Å². The molecular weight excluding hydrogens is 334 g/mol. The lowest BCUT2D eigenvalue weighted by Crippen LogP contribution is -2.19. The standard InChI is InChI=1S/C16H12ClN3O2S/c1-20-7-6-10(8-14(20)21)15(22)19-16-18-13(9-23-16)11-4-2-3-5-12(11)17/h2-9H,1H3,(H,18,19,22). The fourth-order valence-corrected chi connectivity index (χ4v) is 2.92. The van der Waals surface area contributed by atoms with E-state index in [4.69, 9.17) is 11.6 Å². The van der Waals surface area contributed by atoms with Gasteiger partial charge >= 0.3 is 0 Å². The Labute approximate surface area is 141 Å². The van der Waals surface area contributed by atoms with E-state index in [1.165, 1.54) is 22.0 Å². The molecule has 0 radical (unpaired) electrons. The summed E-state index contributed by atoms with van der Waals surface area (Å²) in [6, 6.07) is 10.2. The fourth-order valence-electron chi connectivity index (χ4n) is 1.98. The molecule has 1 aromatic carbocycles. The first-order valence-electron chi connectivity index (χ1n) is 6.73. The van der Waals surface area contributed by atoms with E-state index in [9.17, 15) is 9.59 Å². The van der Waals surface area contributed by atoms with Gasteiger partial charge in [0.1, 0.15) is 0 Å². The maximum Gasteiger partial charge on any atom is 0.257 e. The third kappa shape index (κ3) is 3.33. The van der Waals surface area contributed by atoms with Crippen molar-refractivity contribution in [3.05, 3.63) is 68.9 Å². The third-order valence-corrected chi connectivity index (χ3v) is 4.33. The van der Waals surface area contributed by atoms with Gasteiger partial charge in [-0.3, -0.25) is 14.9 Å². The molecule has 0 unspecified atom stereocenters. The molecule has 7 heteroatoms. The molecule has 1 amide bonds. The number of halogens is 1. The van der Waals surface area contributed by atoms with Crippen LogP contribution in [0.5, 0.6) is 0 Å². The number of benzene rings is 1. The van der Waals surface area contributed by atoms with Crippen LogP contribution in [0.25, 0.3) is 11.3 Å². The van der Waals surface area contributed by atoms with E-state index in [-0.39, 0.29) is 11.5 Å². The molecule has 2 heterocycles. The lowest BCUT2D eigenvalue weighted by atomic mass is 10.2. The van der Waals surface area contributed by atoms with Crippen LogP contribution in [-0.4, -0.2) is 15.5 Å². The summed E-state index contributed by atoms with van der Waals surface area (Å²) < 4.78 is 1.40. The van der Waals surface area contributed by atoms with E-state index < -0.39 is 0 Å². The van der Waals surface area contributed by atoms with Crippen molar-refractivity contribution in [3.63, 3.8) is 0 Å². The van der Waals surface area contributed by atoms with E-state index >= 15 is 0 Å². The number of rotatable bonds is 3. The maximum absolute atomic E-state index is 12.2. The topological polar surface area (TPSA) is 64.0 Å². The second kappa shape index (κ2) is 6.36. The first-order chi connectivity index (χ1) is 11.0. The van der Waals surface area contributed by atoms with Crippen molar-refractivity contribution in [1.82, 2.24) is 9.55 Å². The van der Waals surface area contributed by atoms with E-state index in [1.807, 2.05) is 23.6 Å². The zero-order valence-electron chi connectivity index (χ0n) is 12.1. The van der Waals surface area contributed by atoms with Gasteiger partial charge in [0.25, 0.3) is 11.5 Å². The monoisotopic (exact) mass is 345 g/mol. The van der Waals surface area contributed by atoms with Crippen molar-refractivity contribution in [2.45, 2.75) is 0 Å². The molecule has 0 bridgehead atoms. The number of thiazole rings is 1. The van der Waals surface area contributed by atoms with Gasteiger partial charge in [-0.1, -0.05) is 29.8 Å². The van der Waals surface area contributed by atoms with Crippen molar-refractivity contribution in [1.29, 1.82) is 0 Å². The quantitative estimate of drug-likeness (QED) is 0.791. The minimum atomic E-state index is -0.372. The Morgan fingerprint density at radius 1 is 1.30 bits per heavy atom. The molecule has 0 saturated heterocycles. The molecule has 0 aliphatic rings. The van der Waals surface area contributed by atoms with E-state index in [2.05, 4.69) is 10.3 Å². The Morgan fingerprint density at radius 3 is 2.83 bits per heavy atom. The minimum Gasteiger partial charge on any atom is -0.319 e. The molecule has 0 aliphatic heterocycles. The van der Waals surface area contributed by atoms with Gasteiger partial charge in [-0.15, -0.1) is 11.3 Å². The van der Waals surface area contributed by atoms with Crippen molar-refractivity contribution < 1.29 is 4.79 Å². The largest absolute Gasteiger partial charge is 0.319 e. The number of nitrogens with one attached hydrogen (secondary N) is 1. The van der Waals surface area contributed by atoms with E-state index in [0.717, 1.165) is 5.56 Å².